The van der Waals surface area contributed by atoms with Crippen molar-refractivity contribution in [3.8, 4) is 0 Å². The maximum atomic E-state index is 10.5. The molecule has 0 aromatic carbocycles. The predicted molar refractivity (Wildman–Crippen MR) is 93.3 cm³/mol. The lowest BCUT2D eigenvalue weighted by Gasteiger charge is -2.22. The van der Waals surface area contributed by atoms with Gasteiger partial charge in [0.1, 0.15) is 0 Å². The van der Waals surface area contributed by atoms with E-state index in [1.54, 1.807) is 0 Å². The zero-order valence-corrected chi connectivity index (χ0v) is 14.7. The van der Waals surface area contributed by atoms with Crippen LogP contribution in [0.15, 0.2) is 35.5 Å². The zero-order chi connectivity index (χ0) is 15.9. The Morgan fingerprint density at radius 1 is 1.10 bits per heavy atom. The summed E-state index contributed by atoms with van der Waals surface area (Å²) < 4.78 is 0. The Morgan fingerprint density at radius 2 is 1.71 bits per heavy atom. The summed E-state index contributed by atoms with van der Waals surface area (Å²) in [6.07, 6.45) is 15.4. The van der Waals surface area contributed by atoms with E-state index >= 15 is 0 Å². The summed E-state index contributed by atoms with van der Waals surface area (Å²) in [7, 11) is 0. The molecule has 120 valence electrons. The van der Waals surface area contributed by atoms with Gasteiger partial charge in [-0.25, -0.2) is 0 Å². The van der Waals surface area contributed by atoms with Gasteiger partial charge in [0.25, 0.3) is 0 Å². The molecule has 0 heterocycles. The van der Waals surface area contributed by atoms with Crippen LogP contribution in [-0.2, 0) is 0 Å². The van der Waals surface area contributed by atoms with E-state index in [4.69, 9.17) is 0 Å². The minimum Gasteiger partial charge on any atom is -0.386 e. The van der Waals surface area contributed by atoms with Crippen LogP contribution >= 0.6 is 0 Å². The fourth-order valence-electron chi connectivity index (χ4n) is 2.82. The van der Waals surface area contributed by atoms with Crippen LogP contribution < -0.4 is 0 Å². The van der Waals surface area contributed by atoms with Crippen LogP contribution in [0.1, 0.15) is 73.1 Å². The number of allylic oxidation sites excluding steroid dienone is 5. The van der Waals surface area contributed by atoms with Gasteiger partial charge in [0.15, 0.2) is 0 Å². The van der Waals surface area contributed by atoms with E-state index < -0.39 is 5.60 Å². The molecular formula is C20H34O. The highest BCUT2D eigenvalue weighted by Crippen LogP contribution is 2.25. The van der Waals surface area contributed by atoms with Crippen molar-refractivity contribution in [3.63, 3.8) is 0 Å². The molecule has 0 bridgehead atoms. The van der Waals surface area contributed by atoms with Gasteiger partial charge in [0.05, 0.1) is 5.60 Å². The molecule has 0 spiro atoms. The van der Waals surface area contributed by atoms with Crippen molar-refractivity contribution in [2.45, 2.75) is 78.7 Å². The molecule has 0 aliphatic heterocycles. The Kier molecular flexibility index (Phi) is 7.45. The van der Waals surface area contributed by atoms with Crippen molar-refractivity contribution in [2.24, 2.45) is 11.8 Å². The highest BCUT2D eigenvalue weighted by molar-refractivity contribution is 5.08. The van der Waals surface area contributed by atoms with Crippen molar-refractivity contribution in [1.82, 2.24) is 0 Å². The Hall–Kier alpha value is -0.820. The molecule has 1 heteroatoms. The molecule has 0 fully saturated rings. The third kappa shape index (κ3) is 7.66. The third-order valence-electron chi connectivity index (χ3n) is 4.61. The molecule has 21 heavy (non-hydrogen) atoms. The summed E-state index contributed by atoms with van der Waals surface area (Å²) in [5, 5.41) is 10.5. The Bertz CT molecular complexity index is 396. The van der Waals surface area contributed by atoms with Gasteiger partial charge >= 0.3 is 0 Å². The van der Waals surface area contributed by atoms with Gasteiger partial charge in [-0.1, -0.05) is 49.3 Å². The molecule has 1 aliphatic rings. The van der Waals surface area contributed by atoms with E-state index in [-0.39, 0.29) is 0 Å². The molecular weight excluding hydrogens is 256 g/mol. The highest BCUT2D eigenvalue weighted by Gasteiger charge is 2.17. The van der Waals surface area contributed by atoms with Gasteiger partial charge in [-0.3, -0.25) is 0 Å². The Labute approximate surface area is 131 Å². The second-order valence-corrected chi connectivity index (χ2v) is 7.34. The fourth-order valence-corrected chi connectivity index (χ4v) is 2.82. The molecule has 1 N–H and O–H groups in total. The zero-order valence-electron chi connectivity index (χ0n) is 14.7. The number of rotatable bonds is 1. The van der Waals surface area contributed by atoms with Crippen LogP contribution in [0.25, 0.3) is 0 Å². The lowest BCUT2D eigenvalue weighted by molar-refractivity contribution is 0.102. The summed E-state index contributed by atoms with van der Waals surface area (Å²) in [5.41, 5.74) is 2.26. The molecule has 0 radical (unpaired) electrons. The topological polar surface area (TPSA) is 20.2 Å². The number of hydrogen-bond donors (Lipinski definition) is 1. The SMILES string of the molecule is C/C1=C/CC[C@@](C)(O)/C=C/[C@H](C(C)C)CC/C(C)=C/CC1. The lowest BCUT2D eigenvalue weighted by atomic mass is 9.87. The molecule has 0 amide bonds. The maximum absolute atomic E-state index is 10.5. The van der Waals surface area contributed by atoms with Crippen LogP contribution in [0.2, 0.25) is 0 Å². The first-order valence-corrected chi connectivity index (χ1v) is 8.53. The normalized spacial score (nSPS) is 36.2. The number of hydrogen-bond acceptors (Lipinski definition) is 1. The van der Waals surface area contributed by atoms with E-state index in [2.05, 4.69) is 45.9 Å². The molecule has 1 aliphatic carbocycles. The second-order valence-electron chi connectivity index (χ2n) is 7.34. The smallest absolute Gasteiger partial charge is 0.0802 e. The summed E-state index contributed by atoms with van der Waals surface area (Å²) in [4.78, 5) is 0. The van der Waals surface area contributed by atoms with Crippen LogP contribution in [0.4, 0.5) is 0 Å². The van der Waals surface area contributed by atoms with Gasteiger partial charge in [-0.15, -0.1) is 0 Å². The fraction of sp³-hybridized carbons (Fsp3) is 0.700. The first-order chi connectivity index (χ1) is 9.80. The van der Waals surface area contributed by atoms with Gasteiger partial charge in [-0.2, -0.15) is 0 Å². The predicted octanol–water partition coefficient (Wildman–Crippen LogP) is 5.81. The van der Waals surface area contributed by atoms with Crippen molar-refractivity contribution in [2.75, 3.05) is 0 Å². The van der Waals surface area contributed by atoms with E-state index in [0.717, 1.165) is 32.1 Å². The molecule has 0 saturated carbocycles. The van der Waals surface area contributed by atoms with E-state index in [1.807, 2.05) is 13.0 Å². The quantitative estimate of drug-likeness (QED) is 0.604. The van der Waals surface area contributed by atoms with E-state index in [0.29, 0.717) is 11.8 Å². The van der Waals surface area contributed by atoms with E-state index in [1.165, 1.54) is 17.6 Å². The first-order valence-electron chi connectivity index (χ1n) is 8.53. The third-order valence-corrected chi connectivity index (χ3v) is 4.61. The molecule has 1 nitrogen and oxygen atoms in total. The largest absolute Gasteiger partial charge is 0.386 e. The standard InChI is InChI=1S/C20H34O/c1-16(2)19-12-11-18(4)9-6-8-17(3)10-7-14-20(5,21)15-13-19/h9-10,13,15-16,19,21H,6-8,11-12,14H2,1-5H3/b15-13+,17-10-,18-9+/t19-,20-/m1/s1. The van der Waals surface area contributed by atoms with Crippen LogP contribution in [-0.4, -0.2) is 10.7 Å². The van der Waals surface area contributed by atoms with Gasteiger partial charge in [0.2, 0.25) is 0 Å². The van der Waals surface area contributed by atoms with Gasteiger partial charge < -0.3 is 5.11 Å². The van der Waals surface area contributed by atoms with Crippen molar-refractivity contribution in [3.05, 3.63) is 35.5 Å². The lowest BCUT2D eigenvalue weighted by Crippen LogP contribution is -2.21. The summed E-state index contributed by atoms with van der Waals surface area (Å²) in [6.45, 7) is 10.9. The van der Waals surface area contributed by atoms with Crippen molar-refractivity contribution in [1.29, 1.82) is 0 Å². The average Bonchev–Trinajstić information content (AvgIpc) is 2.37. The second kappa shape index (κ2) is 8.58. The molecule has 0 aromatic rings. The van der Waals surface area contributed by atoms with Crippen molar-refractivity contribution >= 4 is 0 Å². The molecule has 0 aromatic heterocycles. The minimum atomic E-state index is -0.682. The van der Waals surface area contributed by atoms with Gasteiger partial charge in [0, 0.05) is 0 Å². The molecule has 1 rings (SSSR count). The number of aliphatic hydroxyl groups is 1. The van der Waals surface area contributed by atoms with Crippen LogP contribution in [0, 0.1) is 11.8 Å². The monoisotopic (exact) mass is 290 g/mol. The Morgan fingerprint density at radius 3 is 2.38 bits per heavy atom. The minimum absolute atomic E-state index is 0.556. The van der Waals surface area contributed by atoms with E-state index in [9.17, 15) is 5.11 Å². The highest BCUT2D eigenvalue weighted by atomic mass is 16.3. The van der Waals surface area contributed by atoms with Crippen LogP contribution in [0.5, 0.6) is 0 Å². The summed E-state index contributed by atoms with van der Waals surface area (Å²) >= 11 is 0. The Balaban J connectivity index is 2.87. The summed E-state index contributed by atoms with van der Waals surface area (Å²) in [6, 6.07) is 0. The van der Waals surface area contributed by atoms with Crippen LogP contribution in [0.3, 0.4) is 0 Å². The molecule has 0 saturated heterocycles. The summed E-state index contributed by atoms with van der Waals surface area (Å²) in [5.74, 6) is 1.18. The maximum Gasteiger partial charge on any atom is 0.0802 e. The first kappa shape index (κ1) is 18.2. The molecule has 2 atom stereocenters. The van der Waals surface area contributed by atoms with Gasteiger partial charge in [-0.05, 0) is 71.1 Å². The van der Waals surface area contributed by atoms with Crippen molar-refractivity contribution < 1.29 is 5.11 Å². The average molecular weight is 290 g/mol. The molecule has 0 unspecified atom stereocenters.